The molecule has 2 heterocycles. The van der Waals surface area contributed by atoms with Crippen LogP contribution in [0.1, 0.15) is 25.0 Å². The number of benzene rings is 8. The van der Waals surface area contributed by atoms with Crippen LogP contribution in [0.5, 0.6) is 0 Å². The molecule has 0 unspecified atom stereocenters. The number of nitrogens with zero attached hydrogens (tertiary/aromatic N) is 1. The van der Waals surface area contributed by atoms with Crippen molar-refractivity contribution in [3.8, 4) is 22.3 Å². The molecule has 11 rings (SSSR count). The average molecular weight is 684 g/mol. The lowest BCUT2D eigenvalue weighted by Crippen LogP contribution is -2.14. The van der Waals surface area contributed by atoms with Gasteiger partial charge in [-0.25, -0.2) is 0 Å². The van der Waals surface area contributed by atoms with E-state index >= 15 is 0 Å². The summed E-state index contributed by atoms with van der Waals surface area (Å²) < 4.78 is 9.04. The molecule has 0 bridgehead atoms. The van der Waals surface area contributed by atoms with E-state index in [0.717, 1.165) is 39.0 Å². The van der Waals surface area contributed by atoms with E-state index in [1.807, 2.05) is 17.4 Å². The molecule has 8 aromatic carbocycles. The van der Waals surface area contributed by atoms with Gasteiger partial charge < -0.3 is 9.32 Å². The molecule has 0 amide bonds. The fourth-order valence-electron chi connectivity index (χ4n) is 8.69. The Morgan fingerprint density at radius 1 is 0.462 bits per heavy atom. The van der Waals surface area contributed by atoms with Crippen molar-refractivity contribution in [3.05, 3.63) is 175 Å². The maximum atomic E-state index is 6.46. The van der Waals surface area contributed by atoms with Gasteiger partial charge in [-0.3, -0.25) is 0 Å². The lowest BCUT2D eigenvalue weighted by molar-refractivity contribution is 0.660. The smallest absolute Gasteiger partial charge is 0.137 e. The molecule has 0 N–H and O–H groups in total. The second kappa shape index (κ2) is 10.9. The Kier molecular flexibility index (Phi) is 6.21. The highest BCUT2D eigenvalue weighted by molar-refractivity contribution is 7.27. The summed E-state index contributed by atoms with van der Waals surface area (Å²) in [6.45, 7) is 4.68. The second-order valence-corrected chi connectivity index (χ2v) is 15.5. The zero-order chi connectivity index (χ0) is 34.6. The van der Waals surface area contributed by atoms with E-state index < -0.39 is 0 Å². The predicted octanol–water partition coefficient (Wildman–Crippen LogP) is 14.6. The number of thiophene rings is 1. The third kappa shape index (κ3) is 4.23. The van der Waals surface area contributed by atoms with Gasteiger partial charge in [-0.05, 0) is 86.6 Å². The van der Waals surface area contributed by atoms with Crippen molar-refractivity contribution >= 4 is 81.3 Å². The van der Waals surface area contributed by atoms with Crippen molar-refractivity contribution in [1.82, 2.24) is 0 Å². The Hall–Kier alpha value is -6.16. The van der Waals surface area contributed by atoms with Crippen molar-refractivity contribution in [2.45, 2.75) is 19.3 Å². The highest BCUT2D eigenvalue weighted by Gasteiger charge is 2.35. The molecule has 2 nitrogen and oxygen atoms in total. The van der Waals surface area contributed by atoms with E-state index in [0.29, 0.717) is 0 Å². The van der Waals surface area contributed by atoms with E-state index in [9.17, 15) is 0 Å². The van der Waals surface area contributed by atoms with E-state index in [2.05, 4.69) is 176 Å². The molecule has 2 aromatic heterocycles. The summed E-state index contributed by atoms with van der Waals surface area (Å²) in [7, 11) is 0. The monoisotopic (exact) mass is 683 g/mol. The highest BCUT2D eigenvalue weighted by atomic mass is 32.1. The molecule has 52 heavy (non-hydrogen) atoms. The van der Waals surface area contributed by atoms with Crippen molar-refractivity contribution in [2.75, 3.05) is 4.90 Å². The Morgan fingerprint density at radius 2 is 1.15 bits per heavy atom. The molecule has 3 heteroatoms. The normalized spacial score (nSPS) is 13.3. The molecule has 0 atom stereocenters. The number of fused-ring (bicyclic) bond motifs is 11. The first-order valence-electron chi connectivity index (χ1n) is 17.9. The molecular formula is C49H33NOS. The molecule has 10 aromatic rings. The highest BCUT2D eigenvalue weighted by Crippen LogP contribution is 2.51. The minimum atomic E-state index is -0.0212. The Balaban J connectivity index is 1.13. The zero-order valence-electron chi connectivity index (χ0n) is 28.9. The van der Waals surface area contributed by atoms with Crippen LogP contribution in [0.2, 0.25) is 0 Å². The molecular weight excluding hydrogens is 651 g/mol. The van der Waals surface area contributed by atoms with Crippen LogP contribution in [0, 0.1) is 0 Å². The van der Waals surface area contributed by atoms with Gasteiger partial charge in [-0.2, -0.15) is 0 Å². The second-order valence-electron chi connectivity index (χ2n) is 14.5. The number of rotatable bonds is 4. The fourth-order valence-corrected chi connectivity index (χ4v) is 10.0. The quantitative estimate of drug-likeness (QED) is 0.184. The summed E-state index contributed by atoms with van der Waals surface area (Å²) in [5.41, 5.74) is 12.9. The first-order valence-corrected chi connectivity index (χ1v) is 18.7. The summed E-state index contributed by atoms with van der Waals surface area (Å²) >= 11 is 1.89. The van der Waals surface area contributed by atoms with Crippen LogP contribution in [-0.2, 0) is 5.41 Å². The molecule has 246 valence electrons. The molecule has 1 aliphatic carbocycles. The largest absolute Gasteiger partial charge is 0.456 e. The lowest BCUT2D eigenvalue weighted by Gasteiger charge is -2.26. The molecule has 0 aliphatic heterocycles. The number of furan rings is 1. The Morgan fingerprint density at radius 3 is 2.10 bits per heavy atom. The van der Waals surface area contributed by atoms with Gasteiger partial charge in [0.25, 0.3) is 0 Å². The Bertz CT molecular complexity index is 3070. The molecule has 0 saturated heterocycles. The third-order valence-corrected chi connectivity index (χ3v) is 12.5. The van der Waals surface area contributed by atoms with Crippen LogP contribution in [0.25, 0.3) is 75.1 Å². The average Bonchev–Trinajstić information content (AvgIpc) is 3.83. The zero-order valence-corrected chi connectivity index (χ0v) is 29.7. The van der Waals surface area contributed by atoms with Crippen LogP contribution in [-0.4, -0.2) is 0 Å². The van der Waals surface area contributed by atoms with Crippen molar-refractivity contribution in [2.24, 2.45) is 0 Å². The SMILES string of the molecule is CC1(C)c2ccccc2-c2cc(-c3cccc(N(c4ccc5c(c4)oc4ccccc45)c4cccc5c4sc4c6ccccc6ccc54)c3)ccc21. The van der Waals surface area contributed by atoms with Crippen LogP contribution < -0.4 is 4.90 Å². The maximum Gasteiger partial charge on any atom is 0.137 e. The van der Waals surface area contributed by atoms with Gasteiger partial charge in [0.1, 0.15) is 11.2 Å². The summed E-state index contributed by atoms with van der Waals surface area (Å²) in [5, 5.41) is 7.39. The van der Waals surface area contributed by atoms with Gasteiger partial charge in [0.15, 0.2) is 0 Å². The third-order valence-electron chi connectivity index (χ3n) is 11.3. The number of hydrogen-bond acceptors (Lipinski definition) is 3. The first kappa shape index (κ1) is 29.6. The molecule has 1 aliphatic rings. The van der Waals surface area contributed by atoms with Gasteiger partial charge >= 0.3 is 0 Å². The Labute approximate surface area is 305 Å². The van der Waals surface area contributed by atoms with Crippen LogP contribution >= 0.6 is 11.3 Å². The maximum absolute atomic E-state index is 6.46. The summed E-state index contributed by atoms with van der Waals surface area (Å²) in [5.74, 6) is 0. The van der Waals surface area contributed by atoms with Crippen molar-refractivity contribution in [1.29, 1.82) is 0 Å². The molecule has 0 saturated carbocycles. The van der Waals surface area contributed by atoms with Gasteiger partial charge in [-0.15, -0.1) is 11.3 Å². The fraction of sp³-hybridized carbons (Fsp3) is 0.0612. The van der Waals surface area contributed by atoms with Gasteiger partial charge in [-0.1, -0.05) is 129 Å². The van der Waals surface area contributed by atoms with Crippen molar-refractivity contribution < 1.29 is 4.42 Å². The van der Waals surface area contributed by atoms with E-state index in [1.54, 1.807) is 0 Å². The van der Waals surface area contributed by atoms with E-state index in [-0.39, 0.29) is 5.41 Å². The lowest BCUT2D eigenvalue weighted by atomic mass is 9.82. The van der Waals surface area contributed by atoms with Gasteiger partial charge in [0, 0.05) is 49.1 Å². The number of para-hydroxylation sites is 1. The summed E-state index contributed by atoms with van der Waals surface area (Å²) in [6.07, 6.45) is 0. The number of hydrogen-bond donors (Lipinski definition) is 0. The van der Waals surface area contributed by atoms with Crippen LogP contribution in [0.15, 0.2) is 168 Å². The van der Waals surface area contributed by atoms with Gasteiger partial charge in [0.05, 0.1) is 10.4 Å². The first-order chi connectivity index (χ1) is 25.5. The standard InChI is InChI=1S/C49H33NOS/c1-49(2)42-18-7-5-15-36(42)41-28-32(22-26-43(41)49)31-12-9-13-33(27-31)50(34-23-25-38-37-16-6-8-20-45(37)51-46(38)29-34)44-19-10-17-39-40-24-21-30-11-3-4-14-35(30)47(40)52-48(39)44/h3-29H,1-2H3. The molecule has 0 radical (unpaired) electrons. The summed E-state index contributed by atoms with van der Waals surface area (Å²) in [6, 6.07) is 59.9. The minimum Gasteiger partial charge on any atom is -0.456 e. The number of anilines is 3. The van der Waals surface area contributed by atoms with E-state index in [4.69, 9.17) is 4.42 Å². The van der Waals surface area contributed by atoms with Crippen molar-refractivity contribution in [3.63, 3.8) is 0 Å². The minimum absolute atomic E-state index is 0.0212. The molecule has 0 spiro atoms. The van der Waals surface area contributed by atoms with Crippen LogP contribution in [0.3, 0.4) is 0 Å². The predicted molar refractivity (Wildman–Crippen MR) is 222 cm³/mol. The molecule has 0 fully saturated rings. The van der Waals surface area contributed by atoms with E-state index in [1.165, 1.54) is 64.3 Å². The van der Waals surface area contributed by atoms with Gasteiger partial charge in [0.2, 0.25) is 0 Å². The topological polar surface area (TPSA) is 16.4 Å². The van der Waals surface area contributed by atoms with Crippen LogP contribution in [0.4, 0.5) is 17.1 Å². The summed E-state index contributed by atoms with van der Waals surface area (Å²) in [4.78, 5) is 2.42.